The number of carbonyl (C=O) groups excluding carboxylic acids is 3. The minimum atomic E-state index is -1.47. The van der Waals surface area contributed by atoms with Crippen LogP contribution in [0.3, 0.4) is 0 Å². The number of hydrogen-bond donors (Lipinski definition) is 0. The summed E-state index contributed by atoms with van der Waals surface area (Å²) in [5, 5.41) is 1.12. The van der Waals surface area contributed by atoms with Gasteiger partial charge < -0.3 is 4.90 Å². The second-order valence-electron chi connectivity index (χ2n) is 9.07. The van der Waals surface area contributed by atoms with Crippen molar-refractivity contribution in [2.24, 2.45) is 5.41 Å². The summed E-state index contributed by atoms with van der Waals surface area (Å²) in [5.74, 6) is -1.29. The predicted molar refractivity (Wildman–Crippen MR) is 133 cm³/mol. The fourth-order valence-electron chi connectivity index (χ4n) is 6.14. The van der Waals surface area contributed by atoms with E-state index in [2.05, 4.69) is 0 Å². The van der Waals surface area contributed by atoms with Gasteiger partial charge in [0.25, 0.3) is 0 Å². The van der Waals surface area contributed by atoms with Crippen molar-refractivity contribution in [2.75, 3.05) is 4.90 Å². The normalized spacial score (nSPS) is 23.7. The van der Waals surface area contributed by atoms with Crippen molar-refractivity contribution in [1.82, 2.24) is 0 Å². The van der Waals surface area contributed by atoms with Crippen LogP contribution < -0.4 is 4.90 Å². The van der Waals surface area contributed by atoms with E-state index in [0.29, 0.717) is 21.2 Å². The Balaban J connectivity index is 1.68. The zero-order valence-electron chi connectivity index (χ0n) is 18.2. The van der Waals surface area contributed by atoms with Gasteiger partial charge in [0.15, 0.2) is 17.3 Å². The summed E-state index contributed by atoms with van der Waals surface area (Å²) in [6.07, 6.45) is 3.78. The smallest absolute Gasteiger partial charge is 0.180 e. The highest BCUT2D eigenvalue weighted by Crippen LogP contribution is 2.60. The third-order valence-corrected chi connectivity index (χ3v) is 7.90. The fraction of sp³-hybridized carbons (Fsp3) is 0.179. The Kier molecular flexibility index (Phi) is 4.64. The SMILES string of the molecule is CC(=O)[C@H]1[C@H](c2ccc(Cl)cc2)C2(C(=O)c3ccccc3C2=O)[C@H]2C=Cc3cc(Cl)ccc3N12. The minimum Gasteiger partial charge on any atom is -0.352 e. The van der Waals surface area contributed by atoms with Gasteiger partial charge in [0.2, 0.25) is 0 Å². The van der Waals surface area contributed by atoms with Crippen LogP contribution in [0.25, 0.3) is 6.08 Å². The Hall–Kier alpha value is -3.21. The zero-order chi connectivity index (χ0) is 23.8. The molecule has 6 heteroatoms. The van der Waals surface area contributed by atoms with E-state index in [-0.39, 0.29) is 17.3 Å². The first-order valence-corrected chi connectivity index (χ1v) is 11.8. The van der Waals surface area contributed by atoms with E-state index in [4.69, 9.17) is 23.2 Å². The lowest BCUT2D eigenvalue weighted by atomic mass is 9.64. The summed E-state index contributed by atoms with van der Waals surface area (Å²) in [4.78, 5) is 43.7. The number of hydrogen-bond acceptors (Lipinski definition) is 4. The molecule has 0 saturated carbocycles. The maximum atomic E-state index is 14.2. The summed E-state index contributed by atoms with van der Waals surface area (Å²) in [6, 6.07) is 18.2. The van der Waals surface area contributed by atoms with Crippen molar-refractivity contribution in [3.63, 3.8) is 0 Å². The topological polar surface area (TPSA) is 54.5 Å². The van der Waals surface area contributed by atoms with Gasteiger partial charge in [0.1, 0.15) is 5.41 Å². The van der Waals surface area contributed by atoms with Gasteiger partial charge in [-0.05, 0) is 48.4 Å². The maximum absolute atomic E-state index is 14.2. The molecule has 0 amide bonds. The van der Waals surface area contributed by atoms with Crippen molar-refractivity contribution >= 4 is 52.3 Å². The van der Waals surface area contributed by atoms with Gasteiger partial charge in [0, 0.05) is 32.8 Å². The van der Waals surface area contributed by atoms with Crippen LogP contribution in [-0.2, 0) is 4.79 Å². The molecule has 1 aliphatic carbocycles. The minimum absolute atomic E-state index is 0.116. The lowest BCUT2D eigenvalue weighted by molar-refractivity contribution is -0.118. The van der Waals surface area contributed by atoms with Gasteiger partial charge in [-0.3, -0.25) is 14.4 Å². The van der Waals surface area contributed by atoms with E-state index in [9.17, 15) is 14.4 Å². The van der Waals surface area contributed by atoms with Crippen LogP contribution >= 0.6 is 23.2 Å². The molecule has 1 fully saturated rings. The lowest BCUT2D eigenvalue weighted by Crippen LogP contribution is -2.48. The number of rotatable bonds is 2. The number of benzene rings is 3. The van der Waals surface area contributed by atoms with Crippen LogP contribution in [0.2, 0.25) is 10.0 Å². The van der Waals surface area contributed by atoms with E-state index in [1.807, 2.05) is 41.3 Å². The van der Waals surface area contributed by atoms with Crippen LogP contribution in [0.4, 0.5) is 5.69 Å². The molecular formula is C28H19Cl2NO3. The van der Waals surface area contributed by atoms with Gasteiger partial charge in [-0.1, -0.05) is 71.8 Å². The summed E-state index contributed by atoms with van der Waals surface area (Å²) >= 11 is 12.4. The monoisotopic (exact) mass is 487 g/mol. The number of ketones is 3. The van der Waals surface area contributed by atoms with Gasteiger partial charge in [0.05, 0.1) is 12.1 Å². The quantitative estimate of drug-likeness (QED) is 0.415. The zero-order valence-corrected chi connectivity index (χ0v) is 19.7. The molecule has 6 rings (SSSR count). The Morgan fingerprint density at radius 2 is 1.50 bits per heavy atom. The second kappa shape index (κ2) is 7.39. The summed E-state index contributed by atoms with van der Waals surface area (Å²) in [6.45, 7) is 1.52. The molecule has 2 aliphatic heterocycles. The Morgan fingerprint density at radius 3 is 2.12 bits per heavy atom. The molecule has 2 heterocycles. The van der Waals surface area contributed by atoms with E-state index in [1.54, 1.807) is 42.5 Å². The van der Waals surface area contributed by atoms with E-state index >= 15 is 0 Å². The average molecular weight is 488 g/mol. The molecule has 3 aromatic rings. The van der Waals surface area contributed by atoms with Crippen LogP contribution in [0, 0.1) is 5.41 Å². The Bertz CT molecular complexity index is 1390. The fourth-order valence-corrected chi connectivity index (χ4v) is 6.45. The van der Waals surface area contributed by atoms with Crippen molar-refractivity contribution in [3.8, 4) is 0 Å². The molecule has 34 heavy (non-hydrogen) atoms. The number of halogens is 2. The molecule has 3 aliphatic rings. The third-order valence-electron chi connectivity index (χ3n) is 7.41. The molecule has 0 bridgehead atoms. The van der Waals surface area contributed by atoms with E-state index < -0.39 is 23.4 Å². The molecule has 0 radical (unpaired) electrons. The van der Waals surface area contributed by atoms with Gasteiger partial charge in [-0.2, -0.15) is 0 Å². The van der Waals surface area contributed by atoms with Crippen LogP contribution in [0.5, 0.6) is 0 Å². The van der Waals surface area contributed by atoms with Gasteiger partial charge in [-0.25, -0.2) is 0 Å². The van der Waals surface area contributed by atoms with Crippen molar-refractivity contribution in [2.45, 2.75) is 24.9 Å². The third kappa shape index (κ3) is 2.64. The summed E-state index contributed by atoms with van der Waals surface area (Å²) in [5.41, 5.74) is 1.71. The molecule has 168 valence electrons. The maximum Gasteiger partial charge on any atom is 0.180 e. The summed E-state index contributed by atoms with van der Waals surface area (Å²) < 4.78 is 0. The highest BCUT2D eigenvalue weighted by Gasteiger charge is 2.71. The van der Waals surface area contributed by atoms with Crippen molar-refractivity contribution in [3.05, 3.63) is 105 Å². The van der Waals surface area contributed by atoms with Crippen LogP contribution in [-0.4, -0.2) is 29.4 Å². The first-order chi connectivity index (χ1) is 16.4. The van der Waals surface area contributed by atoms with Gasteiger partial charge in [-0.15, -0.1) is 0 Å². The molecule has 3 aromatic carbocycles. The Morgan fingerprint density at radius 1 is 0.882 bits per heavy atom. The van der Waals surface area contributed by atoms with Crippen molar-refractivity contribution < 1.29 is 14.4 Å². The largest absolute Gasteiger partial charge is 0.352 e. The second-order valence-corrected chi connectivity index (χ2v) is 9.94. The highest BCUT2D eigenvalue weighted by molar-refractivity contribution is 6.33. The predicted octanol–water partition coefficient (Wildman–Crippen LogP) is 6.02. The first-order valence-electron chi connectivity index (χ1n) is 11.1. The van der Waals surface area contributed by atoms with Gasteiger partial charge >= 0.3 is 0 Å². The molecule has 1 spiro atoms. The number of nitrogens with zero attached hydrogens (tertiary/aromatic N) is 1. The standard InChI is InChI=1S/C28H19Cl2NO3/c1-15(32)25-24(16-6-9-18(29)10-7-16)28(26(33)20-4-2-3-5-21(20)27(28)34)23-13-8-17-14-19(30)11-12-22(17)31(23)25/h2-14,23-25H,1H3/t23-,24+,25+/m1/s1. The molecule has 3 atom stereocenters. The van der Waals surface area contributed by atoms with E-state index in [1.165, 1.54) is 6.92 Å². The molecule has 0 unspecified atom stereocenters. The number of anilines is 1. The molecule has 0 aromatic heterocycles. The molecular weight excluding hydrogens is 469 g/mol. The molecule has 0 N–H and O–H groups in total. The molecule has 4 nitrogen and oxygen atoms in total. The Labute approximate surface area is 206 Å². The summed E-state index contributed by atoms with van der Waals surface area (Å²) in [7, 11) is 0. The first kappa shape index (κ1) is 21.3. The van der Waals surface area contributed by atoms with Crippen molar-refractivity contribution in [1.29, 1.82) is 0 Å². The number of fused-ring (bicyclic) bond motifs is 5. The lowest BCUT2D eigenvalue weighted by Gasteiger charge is -2.37. The van der Waals surface area contributed by atoms with E-state index in [0.717, 1.165) is 16.8 Å². The number of carbonyl (C=O) groups is 3. The molecule has 1 saturated heterocycles. The van der Waals surface area contributed by atoms with Crippen LogP contribution in [0.1, 0.15) is 44.7 Å². The number of Topliss-reactive ketones (excluding diaryl/α,β-unsaturated/α-hetero) is 3. The van der Waals surface area contributed by atoms with Crippen LogP contribution in [0.15, 0.2) is 72.8 Å². The average Bonchev–Trinajstić information content (AvgIpc) is 3.26. The highest BCUT2D eigenvalue weighted by atomic mass is 35.5.